The lowest BCUT2D eigenvalue weighted by Crippen LogP contribution is -2.43. The van der Waals surface area contributed by atoms with Gasteiger partial charge in [-0.3, -0.25) is 4.99 Å². The fraction of sp³-hybridized carbons (Fsp3) is 0.500. The lowest BCUT2D eigenvalue weighted by Gasteiger charge is -2.24. The minimum atomic E-state index is -3.81. The number of hydrogen-bond acceptors (Lipinski definition) is 5. The number of anilines is 1. The van der Waals surface area contributed by atoms with Gasteiger partial charge in [0.15, 0.2) is 0 Å². The molecule has 3 rings (SSSR count). The molecule has 1 fully saturated rings. The Kier molecular flexibility index (Phi) is 4.49. The van der Waals surface area contributed by atoms with E-state index in [1.54, 1.807) is 23.2 Å². The Bertz CT molecular complexity index is 766. The maximum atomic E-state index is 12.7. The van der Waals surface area contributed by atoms with Crippen LogP contribution in [0.25, 0.3) is 0 Å². The Morgan fingerprint density at radius 3 is 2.75 bits per heavy atom. The Hall–Kier alpha value is -2.09. The number of nitrogens with zero attached hydrogens (tertiary/aromatic N) is 3. The Morgan fingerprint density at radius 1 is 1.38 bits per heavy atom. The number of nitrogens with two attached hydrogens (primary N) is 1. The molecule has 0 aromatic heterocycles. The highest BCUT2D eigenvalue weighted by atomic mass is 32.2. The van der Waals surface area contributed by atoms with Gasteiger partial charge in [0.1, 0.15) is 4.90 Å². The first-order chi connectivity index (χ1) is 11.5. The number of sulfonamides is 1. The summed E-state index contributed by atoms with van der Waals surface area (Å²) < 4.78 is 27.9. The number of hydrazone groups is 1. The second kappa shape index (κ2) is 6.43. The molecule has 1 heterocycles. The zero-order valence-corrected chi connectivity index (χ0v) is 14.6. The molecule has 1 aliphatic heterocycles. The van der Waals surface area contributed by atoms with Crippen LogP contribution >= 0.6 is 0 Å². The SMILES string of the molecule is CCN=C(NS(=O)(=O)c1ccccc1N)N1CC2(C=N1)CCCC2. The van der Waals surface area contributed by atoms with E-state index >= 15 is 0 Å². The molecular weight excluding hydrogens is 326 g/mol. The van der Waals surface area contributed by atoms with Crippen molar-refractivity contribution in [1.29, 1.82) is 0 Å². The van der Waals surface area contributed by atoms with Crippen LogP contribution in [0.2, 0.25) is 0 Å². The van der Waals surface area contributed by atoms with Crippen molar-refractivity contribution in [2.45, 2.75) is 37.5 Å². The summed E-state index contributed by atoms with van der Waals surface area (Å²) in [5, 5.41) is 6.07. The predicted octanol–water partition coefficient (Wildman–Crippen LogP) is 1.78. The summed E-state index contributed by atoms with van der Waals surface area (Å²) in [4.78, 5) is 4.35. The molecule has 0 saturated heterocycles. The van der Waals surface area contributed by atoms with E-state index in [1.807, 2.05) is 13.1 Å². The van der Waals surface area contributed by atoms with E-state index in [1.165, 1.54) is 18.9 Å². The zero-order valence-electron chi connectivity index (χ0n) is 13.8. The van der Waals surface area contributed by atoms with Gasteiger partial charge in [-0.1, -0.05) is 25.0 Å². The molecule has 1 aromatic rings. The topological polar surface area (TPSA) is 100 Å². The number of para-hydroxylation sites is 1. The molecule has 3 N–H and O–H groups in total. The molecule has 1 aromatic carbocycles. The minimum absolute atomic E-state index is 0.0487. The van der Waals surface area contributed by atoms with Gasteiger partial charge >= 0.3 is 0 Å². The number of nitrogen functional groups attached to an aromatic ring is 1. The molecule has 7 nitrogen and oxygen atoms in total. The van der Waals surface area contributed by atoms with Crippen LogP contribution < -0.4 is 10.5 Å². The van der Waals surface area contributed by atoms with E-state index in [0.717, 1.165) is 12.8 Å². The number of rotatable bonds is 3. The monoisotopic (exact) mass is 349 g/mol. The van der Waals surface area contributed by atoms with Crippen molar-refractivity contribution in [3.63, 3.8) is 0 Å². The van der Waals surface area contributed by atoms with Crippen LogP contribution in [0.4, 0.5) is 5.69 Å². The number of aliphatic imine (C=N–C) groups is 1. The van der Waals surface area contributed by atoms with Crippen molar-refractivity contribution in [2.24, 2.45) is 15.5 Å². The Balaban J connectivity index is 1.82. The lowest BCUT2D eigenvalue weighted by molar-refractivity contribution is 0.342. The van der Waals surface area contributed by atoms with Crippen LogP contribution in [0.15, 0.2) is 39.3 Å². The molecule has 0 amide bonds. The third kappa shape index (κ3) is 3.24. The minimum Gasteiger partial charge on any atom is -0.398 e. The van der Waals surface area contributed by atoms with Gasteiger partial charge in [-0.2, -0.15) is 5.10 Å². The van der Waals surface area contributed by atoms with Gasteiger partial charge in [0.25, 0.3) is 10.0 Å². The third-order valence-corrected chi connectivity index (χ3v) is 5.92. The fourth-order valence-corrected chi connectivity index (χ4v) is 4.44. The number of nitrogens with one attached hydrogen (secondary N) is 1. The van der Waals surface area contributed by atoms with Crippen molar-refractivity contribution in [2.75, 3.05) is 18.8 Å². The molecule has 0 atom stereocenters. The van der Waals surface area contributed by atoms with Gasteiger partial charge in [-0.25, -0.2) is 18.1 Å². The summed E-state index contributed by atoms with van der Waals surface area (Å²) in [6, 6.07) is 6.38. The molecule has 0 radical (unpaired) electrons. The maximum absolute atomic E-state index is 12.7. The second-order valence-electron chi connectivity index (χ2n) is 6.31. The number of benzene rings is 1. The van der Waals surface area contributed by atoms with Crippen molar-refractivity contribution in [3.8, 4) is 0 Å². The summed E-state index contributed by atoms with van der Waals surface area (Å²) in [5.41, 5.74) is 6.07. The Labute approximate surface area is 142 Å². The standard InChI is InChI=1S/C16H23N5O2S/c1-2-18-15(21-12-16(11-19-21)9-5-6-10-16)20-24(22,23)14-8-4-3-7-13(14)17/h3-4,7-8,11H,2,5-6,9-10,12,17H2,1H3,(H,18,20). The Morgan fingerprint density at radius 2 is 2.08 bits per heavy atom. The molecule has 1 spiro atoms. The van der Waals surface area contributed by atoms with Gasteiger partial charge in [-0.15, -0.1) is 0 Å². The molecule has 130 valence electrons. The lowest BCUT2D eigenvalue weighted by atomic mass is 9.88. The molecule has 1 saturated carbocycles. The van der Waals surface area contributed by atoms with Crippen LogP contribution in [-0.4, -0.2) is 38.7 Å². The maximum Gasteiger partial charge on any atom is 0.266 e. The number of hydrogen-bond donors (Lipinski definition) is 2. The van der Waals surface area contributed by atoms with E-state index < -0.39 is 10.0 Å². The van der Waals surface area contributed by atoms with Gasteiger partial charge in [0.05, 0.1) is 12.2 Å². The van der Waals surface area contributed by atoms with E-state index in [-0.39, 0.29) is 22.0 Å². The van der Waals surface area contributed by atoms with Crippen LogP contribution in [-0.2, 0) is 10.0 Å². The van der Waals surface area contributed by atoms with Gasteiger partial charge in [0.2, 0.25) is 5.96 Å². The third-order valence-electron chi connectivity index (χ3n) is 4.52. The van der Waals surface area contributed by atoms with Crippen LogP contribution in [0.1, 0.15) is 32.6 Å². The average Bonchev–Trinajstić information content (AvgIpc) is 3.17. The van der Waals surface area contributed by atoms with Crippen LogP contribution in [0.5, 0.6) is 0 Å². The molecule has 1 aliphatic carbocycles. The fourth-order valence-electron chi connectivity index (χ4n) is 3.28. The van der Waals surface area contributed by atoms with Gasteiger partial charge in [-0.05, 0) is 31.9 Å². The summed E-state index contributed by atoms with van der Waals surface area (Å²) in [5.74, 6) is 0.251. The largest absolute Gasteiger partial charge is 0.398 e. The van der Waals surface area contributed by atoms with Gasteiger partial charge in [0, 0.05) is 18.2 Å². The predicted molar refractivity (Wildman–Crippen MR) is 95.3 cm³/mol. The second-order valence-corrected chi connectivity index (χ2v) is 7.96. The highest BCUT2D eigenvalue weighted by molar-refractivity contribution is 7.90. The molecule has 24 heavy (non-hydrogen) atoms. The summed E-state index contributed by atoms with van der Waals surface area (Å²) in [6.45, 7) is 2.98. The van der Waals surface area contributed by atoms with Crippen molar-refractivity contribution in [3.05, 3.63) is 24.3 Å². The van der Waals surface area contributed by atoms with Gasteiger partial charge < -0.3 is 5.73 Å². The van der Waals surface area contributed by atoms with Crippen LogP contribution in [0, 0.1) is 5.41 Å². The first-order valence-electron chi connectivity index (χ1n) is 8.20. The number of guanidine groups is 1. The first-order valence-corrected chi connectivity index (χ1v) is 9.69. The quantitative estimate of drug-likeness (QED) is 0.493. The van der Waals surface area contributed by atoms with E-state index in [0.29, 0.717) is 13.1 Å². The normalized spacial score (nSPS) is 20.0. The van der Waals surface area contributed by atoms with Crippen LogP contribution in [0.3, 0.4) is 0 Å². The van der Waals surface area contributed by atoms with Crippen molar-refractivity contribution >= 4 is 27.9 Å². The zero-order chi connectivity index (χ0) is 17.2. The summed E-state index contributed by atoms with van der Waals surface area (Å²) in [6.07, 6.45) is 6.50. The summed E-state index contributed by atoms with van der Waals surface area (Å²) >= 11 is 0. The molecular formula is C16H23N5O2S. The highest BCUT2D eigenvalue weighted by Crippen LogP contribution is 2.40. The van der Waals surface area contributed by atoms with E-state index in [2.05, 4.69) is 14.8 Å². The van der Waals surface area contributed by atoms with Crippen molar-refractivity contribution in [1.82, 2.24) is 9.73 Å². The molecule has 2 aliphatic rings. The summed E-state index contributed by atoms with van der Waals surface area (Å²) in [7, 11) is -3.81. The van der Waals surface area contributed by atoms with Crippen molar-refractivity contribution < 1.29 is 8.42 Å². The highest BCUT2D eigenvalue weighted by Gasteiger charge is 2.39. The molecule has 0 unspecified atom stereocenters. The molecule has 0 bridgehead atoms. The van der Waals surface area contributed by atoms with E-state index in [9.17, 15) is 8.42 Å². The first kappa shape index (κ1) is 16.8. The smallest absolute Gasteiger partial charge is 0.266 e. The average molecular weight is 349 g/mol. The van der Waals surface area contributed by atoms with E-state index in [4.69, 9.17) is 5.73 Å². The molecule has 8 heteroatoms.